The Kier molecular flexibility index (Phi) is 7.63. The van der Waals surface area contributed by atoms with Crippen LogP contribution in [0.1, 0.15) is 37.0 Å². The molecular formula is C28H28ClN3O3. The summed E-state index contributed by atoms with van der Waals surface area (Å²) in [4.78, 5) is 23.3. The van der Waals surface area contributed by atoms with Gasteiger partial charge in [-0.25, -0.2) is 9.78 Å². The van der Waals surface area contributed by atoms with E-state index in [1.165, 1.54) is 0 Å². The van der Waals surface area contributed by atoms with Gasteiger partial charge < -0.3 is 14.7 Å². The molecule has 35 heavy (non-hydrogen) atoms. The number of halogens is 1. The van der Waals surface area contributed by atoms with Crippen LogP contribution in [-0.4, -0.2) is 34.7 Å². The number of aryl methyl sites for hydroxylation is 1. The average Bonchev–Trinajstić information content (AvgIpc) is 2.86. The number of aliphatic carboxylic acids is 1. The van der Waals surface area contributed by atoms with Crippen molar-refractivity contribution in [2.24, 2.45) is 0 Å². The predicted molar refractivity (Wildman–Crippen MR) is 140 cm³/mol. The van der Waals surface area contributed by atoms with Crippen LogP contribution < -0.4 is 4.90 Å². The van der Waals surface area contributed by atoms with Crippen molar-refractivity contribution >= 4 is 40.0 Å². The summed E-state index contributed by atoms with van der Waals surface area (Å²) in [5.41, 5.74) is 4.84. The van der Waals surface area contributed by atoms with E-state index in [1.807, 2.05) is 80.4 Å². The molecule has 0 saturated carbocycles. The lowest BCUT2D eigenvalue weighted by Crippen LogP contribution is -2.18. The number of benzene rings is 2. The van der Waals surface area contributed by atoms with Crippen LogP contribution >= 0.6 is 11.6 Å². The number of nitrogens with zero attached hydrogens (tertiary/aromatic N) is 3. The molecule has 0 fully saturated rings. The molecule has 0 aliphatic rings. The predicted octanol–water partition coefficient (Wildman–Crippen LogP) is 6.97. The number of fused-ring (bicyclic) bond motifs is 1. The topological polar surface area (TPSA) is 75.6 Å². The molecular weight excluding hydrogens is 462 g/mol. The zero-order chi connectivity index (χ0) is 24.9. The van der Waals surface area contributed by atoms with Gasteiger partial charge in [0, 0.05) is 47.7 Å². The van der Waals surface area contributed by atoms with Crippen molar-refractivity contribution < 1.29 is 14.6 Å². The van der Waals surface area contributed by atoms with Gasteiger partial charge >= 0.3 is 5.97 Å². The molecule has 4 aromatic rings. The minimum atomic E-state index is -1.09. The summed E-state index contributed by atoms with van der Waals surface area (Å²) < 4.78 is 5.91. The molecule has 0 amide bonds. The molecule has 1 unspecified atom stereocenters. The number of ether oxygens (including phenoxy) is 1. The second-order valence-electron chi connectivity index (χ2n) is 8.43. The summed E-state index contributed by atoms with van der Waals surface area (Å²) in [6.45, 7) is 4.33. The summed E-state index contributed by atoms with van der Waals surface area (Å²) in [6.07, 6.45) is 4.11. The van der Waals surface area contributed by atoms with Gasteiger partial charge in [-0.1, -0.05) is 37.1 Å². The van der Waals surface area contributed by atoms with Crippen LogP contribution in [0.4, 0.5) is 11.5 Å². The molecule has 0 aliphatic carbocycles. The van der Waals surface area contributed by atoms with Gasteiger partial charge in [-0.2, -0.15) is 0 Å². The molecule has 0 saturated heterocycles. The van der Waals surface area contributed by atoms with Crippen LogP contribution in [0.15, 0.2) is 67.0 Å². The maximum atomic E-state index is 12.3. The van der Waals surface area contributed by atoms with Crippen molar-refractivity contribution in [3.8, 4) is 11.1 Å². The highest BCUT2D eigenvalue weighted by Gasteiger charge is 2.28. The maximum Gasteiger partial charge on any atom is 0.337 e. The standard InChI is InChI=1S/C28H28ClN3O3/c1-4-5-16-35-27(28(33)34)25-18(2)17-23-22(26(25)19-6-8-20(29)9-7-19)10-11-24(31-23)32(3)21-12-14-30-15-13-21/h6-15,17,27H,4-5,16H2,1-3H3,(H,33,34). The number of pyridine rings is 2. The van der Waals surface area contributed by atoms with Crippen LogP contribution in [-0.2, 0) is 9.53 Å². The molecule has 2 aromatic carbocycles. The Bertz CT molecular complexity index is 1330. The molecule has 1 atom stereocenters. The zero-order valence-electron chi connectivity index (χ0n) is 20.0. The summed E-state index contributed by atoms with van der Waals surface area (Å²) in [5, 5.41) is 11.6. The average molecular weight is 490 g/mol. The number of anilines is 2. The normalized spacial score (nSPS) is 12.0. The van der Waals surface area contributed by atoms with Crippen molar-refractivity contribution in [1.29, 1.82) is 0 Å². The lowest BCUT2D eigenvalue weighted by Gasteiger charge is -2.23. The van der Waals surface area contributed by atoms with E-state index in [4.69, 9.17) is 21.3 Å². The van der Waals surface area contributed by atoms with Crippen LogP contribution in [0.2, 0.25) is 5.02 Å². The fourth-order valence-corrected chi connectivity index (χ4v) is 4.31. The first-order valence-electron chi connectivity index (χ1n) is 11.6. The molecule has 180 valence electrons. The second kappa shape index (κ2) is 10.8. The van der Waals surface area contributed by atoms with E-state index in [-0.39, 0.29) is 0 Å². The maximum absolute atomic E-state index is 12.3. The molecule has 2 aromatic heterocycles. The number of unbranched alkanes of at least 4 members (excludes halogenated alkanes) is 1. The van der Waals surface area contributed by atoms with Crippen LogP contribution in [0.3, 0.4) is 0 Å². The summed E-state index contributed by atoms with van der Waals surface area (Å²) >= 11 is 6.16. The number of aromatic nitrogens is 2. The first kappa shape index (κ1) is 24.6. The van der Waals surface area contributed by atoms with E-state index in [0.717, 1.165) is 51.9 Å². The van der Waals surface area contributed by atoms with E-state index in [0.29, 0.717) is 17.2 Å². The van der Waals surface area contributed by atoms with E-state index in [2.05, 4.69) is 4.98 Å². The largest absolute Gasteiger partial charge is 0.479 e. The smallest absolute Gasteiger partial charge is 0.337 e. The van der Waals surface area contributed by atoms with E-state index >= 15 is 0 Å². The van der Waals surface area contributed by atoms with Crippen molar-refractivity contribution in [3.05, 3.63) is 83.1 Å². The number of carboxylic acids is 1. The Labute approximate surface area is 210 Å². The number of hydrogen-bond acceptors (Lipinski definition) is 5. The van der Waals surface area contributed by atoms with Crippen molar-refractivity contribution in [2.45, 2.75) is 32.8 Å². The molecule has 0 radical (unpaired) electrons. The van der Waals surface area contributed by atoms with Crippen molar-refractivity contribution in [3.63, 3.8) is 0 Å². The third-order valence-electron chi connectivity index (χ3n) is 6.02. The van der Waals surface area contributed by atoms with Gasteiger partial charge in [0.1, 0.15) is 5.82 Å². The SMILES string of the molecule is CCCCOC(C(=O)O)c1c(C)cc2nc(N(C)c3ccncc3)ccc2c1-c1ccc(Cl)cc1. The number of rotatable bonds is 9. The Morgan fingerprint density at radius 1 is 1.11 bits per heavy atom. The van der Waals surface area contributed by atoms with Gasteiger partial charge in [-0.05, 0) is 72.5 Å². The van der Waals surface area contributed by atoms with Crippen molar-refractivity contribution in [1.82, 2.24) is 9.97 Å². The first-order chi connectivity index (χ1) is 16.9. The van der Waals surface area contributed by atoms with Gasteiger partial charge in [-0.3, -0.25) is 4.98 Å². The Morgan fingerprint density at radius 2 is 1.83 bits per heavy atom. The van der Waals surface area contributed by atoms with Crippen molar-refractivity contribution in [2.75, 3.05) is 18.6 Å². The molecule has 4 rings (SSSR count). The highest BCUT2D eigenvalue weighted by atomic mass is 35.5. The first-order valence-corrected chi connectivity index (χ1v) is 12.0. The molecule has 0 spiro atoms. The summed E-state index contributed by atoms with van der Waals surface area (Å²) in [7, 11) is 1.95. The van der Waals surface area contributed by atoms with E-state index in [9.17, 15) is 9.90 Å². The quantitative estimate of drug-likeness (QED) is 0.256. The van der Waals surface area contributed by atoms with Gasteiger partial charge in [0.05, 0.1) is 5.52 Å². The molecule has 0 aliphatic heterocycles. The monoisotopic (exact) mass is 489 g/mol. The highest BCUT2D eigenvalue weighted by Crippen LogP contribution is 2.40. The summed E-state index contributed by atoms with van der Waals surface area (Å²) in [5.74, 6) is -0.243. The number of carbonyl (C=O) groups is 1. The molecule has 0 bridgehead atoms. The third kappa shape index (κ3) is 5.29. The Balaban J connectivity index is 1.92. The lowest BCUT2D eigenvalue weighted by molar-refractivity contribution is -0.151. The fraction of sp³-hybridized carbons (Fsp3) is 0.250. The number of hydrogen-bond donors (Lipinski definition) is 1. The van der Waals surface area contributed by atoms with Gasteiger partial charge in [-0.15, -0.1) is 0 Å². The Hall–Kier alpha value is -3.48. The third-order valence-corrected chi connectivity index (χ3v) is 6.27. The lowest BCUT2D eigenvalue weighted by atomic mass is 9.88. The van der Waals surface area contributed by atoms with E-state index in [1.54, 1.807) is 12.4 Å². The van der Waals surface area contributed by atoms with Crippen LogP contribution in [0.5, 0.6) is 0 Å². The zero-order valence-corrected chi connectivity index (χ0v) is 20.8. The summed E-state index contributed by atoms with van der Waals surface area (Å²) in [6, 6.07) is 17.1. The molecule has 1 N–H and O–H groups in total. The van der Waals surface area contributed by atoms with Gasteiger partial charge in [0.15, 0.2) is 6.10 Å². The van der Waals surface area contributed by atoms with E-state index < -0.39 is 12.1 Å². The molecule has 7 heteroatoms. The minimum Gasteiger partial charge on any atom is -0.479 e. The fourth-order valence-electron chi connectivity index (χ4n) is 4.19. The minimum absolute atomic E-state index is 0.374. The van der Waals surface area contributed by atoms with Crippen LogP contribution in [0.25, 0.3) is 22.0 Å². The second-order valence-corrected chi connectivity index (χ2v) is 8.87. The molecule has 6 nitrogen and oxygen atoms in total. The highest BCUT2D eigenvalue weighted by molar-refractivity contribution is 6.30. The van der Waals surface area contributed by atoms with Gasteiger partial charge in [0.25, 0.3) is 0 Å². The number of carboxylic acid groups (broad SMARTS) is 1. The van der Waals surface area contributed by atoms with Crippen LogP contribution in [0, 0.1) is 6.92 Å². The Morgan fingerprint density at radius 3 is 2.49 bits per heavy atom. The molecule has 2 heterocycles. The van der Waals surface area contributed by atoms with Gasteiger partial charge in [0.2, 0.25) is 0 Å².